The van der Waals surface area contributed by atoms with E-state index in [2.05, 4.69) is 10.3 Å². The first-order valence-corrected chi connectivity index (χ1v) is 5.78. The van der Waals surface area contributed by atoms with Crippen molar-refractivity contribution in [2.75, 3.05) is 18.2 Å². The van der Waals surface area contributed by atoms with Gasteiger partial charge >= 0.3 is 0 Å². The van der Waals surface area contributed by atoms with Gasteiger partial charge in [0.1, 0.15) is 11.6 Å². The Balaban J connectivity index is 1.99. The van der Waals surface area contributed by atoms with Crippen LogP contribution in [0.1, 0.15) is 11.1 Å². The first kappa shape index (κ1) is 12.2. The molecule has 0 saturated heterocycles. The third kappa shape index (κ3) is 2.91. The molecule has 0 aliphatic carbocycles. The van der Waals surface area contributed by atoms with Gasteiger partial charge in [0.25, 0.3) is 0 Å². The standard InChI is InChI=1S/C14H17N3O/c1-10-7-14(17-9-13(10)15)16-8-11-3-5-12(18-2)6-4-11/h3-7,9H,8,15H2,1-2H3,(H,16,17). The molecule has 1 aromatic heterocycles. The number of ether oxygens (including phenoxy) is 1. The summed E-state index contributed by atoms with van der Waals surface area (Å²) in [5.41, 5.74) is 8.64. The topological polar surface area (TPSA) is 60.2 Å². The molecule has 0 fully saturated rings. The number of benzene rings is 1. The van der Waals surface area contributed by atoms with Gasteiger partial charge in [0.15, 0.2) is 0 Å². The zero-order valence-electron chi connectivity index (χ0n) is 10.6. The van der Waals surface area contributed by atoms with Crippen LogP contribution in [0.3, 0.4) is 0 Å². The minimum Gasteiger partial charge on any atom is -0.497 e. The SMILES string of the molecule is COc1ccc(CNc2cc(C)c(N)cn2)cc1. The minimum absolute atomic E-state index is 0.713. The lowest BCUT2D eigenvalue weighted by atomic mass is 10.2. The zero-order valence-corrected chi connectivity index (χ0v) is 10.6. The van der Waals surface area contributed by atoms with Crippen molar-refractivity contribution in [3.8, 4) is 5.75 Å². The molecule has 0 atom stereocenters. The third-order valence-electron chi connectivity index (χ3n) is 2.78. The summed E-state index contributed by atoms with van der Waals surface area (Å²) in [5.74, 6) is 1.69. The third-order valence-corrected chi connectivity index (χ3v) is 2.78. The summed E-state index contributed by atoms with van der Waals surface area (Å²) in [7, 11) is 1.66. The van der Waals surface area contributed by atoms with Crippen LogP contribution < -0.4 is 15.8 Å². The van der Waals surface area contributed by atoms with Crippen molar-refractivity contribution >= 4 is 11.5 Å². The van der Waals surface area contributed by atoms with Gasteiger partial charge in [0.2, 0.25) is 0 Å². The number of methoxy groups -OCH3 is 1. The molecule has 18 heavy (non-hydrogen) atoms. The maximum Gasteiger partial charge on any atom is 0.126 e. The summed E-state index contributed by atoms with van der Waals surface area (Å²) in [6, 6.07) is 9.88. The second kappa shape index (κ2) is 5.40. The number of aryl methyl sites for hydroxylation is 1. The second-order valence-electron chi connectivity index (χ2n) is 4.13. The van der Waals surface area contributed by atoms with E-state index in [4.69, 9.17) is 10.5 Å². The molecule has 0 spiro atoms. The fourth-order valence-corrected chi connectivity index (χ4v) is 1.60. The maximum absolute atomic E-state index is 5.72. The summed E-state index contributed by atoms with van der Waals surface area (Å²) >= 11 is 0. The Morgan fingerprint density at radius 1 is 1.28 bits per heavy atom. The van der Waals surface area contributed by atoms with Crippen LogP contribution in [0.15, 0.2) is 36.5 Å². The van der Waals surface area contributed by atoms with E-state index in [9.17, 15) is 0 Å². The molecule has 0 radical (unpaired) electrons. The van der Waals surface area contributed by atoms with Gasteiger partial charge in [0, 0.05) is 6.54 Å². The molecule has 0 unspecified atom stereocenters. The van der Waals surface area contributed by atoms with E-state index in [1.54, 1.807) is 13.3 Å². The number of nitrogen functional groups attached to an aromatic ring is 1. The minimum atomic E-state index is 0.713. The second-order valence-corrected chi connectivity index (χ2v) is 4.13. The summed E-state index contributed by atoms with van der Waals surface area (Å²) < 4.78 is 5.11. The number of rotatable bonds is 4. The molecule has 4 nitrogen and oxygen atoms in total. The summed E-state index contributed by atoms with van der Waals surface area (Å²) in [4.78, 5) is 4.23. The quantitative estimate of drug-likeness (QED) is 0.866. The Labute approximate surface area is 107 Å². The molecule has 0 aliphatic rings. The highest BCUT2D eigenvalue weighted by Gasteiger charge is 1.99. The van der Waals surface area contributed by atoms with Gasteiger partial charge in [-0.3, -0.25) is 0 Å². The van der Waals surface area contributed by atoms with Crippen LogP contribution in [0.2, 0.25) is 0 Å². The van der Waals surface area contributed by atoms with E-state index < -0.39 is 0 Å². The number of hydrogen-bond acceptors (Lipinski definition) is 4. The van der Waals surface area contributed by atoms with Crippen molar-refractivity contribution in [1.29, 1.82) is 0 Å². The summed E-state index contributed by atoms with van der Waals surface area (Å²) in [6.07, 6.45) is 1.67. The van der Waals surface area contributed by atoms with Crippen LogP contribution in [0.25, 0.3) is 0 Å². The van der Waals surface area contributed by atoms with Gasteiger partial charge in [-0.2, -0.15) is 0 Å². The van der Waals surface area contributed by atoms with E-state index in [1.165, 1.54) is 5.56 Å². The van der Waals surface area contributed by atoms with E-state index in [0.29, 0.717) is 5.69 Å². The molecule has 2 aromatic rings. The highest BCUT2D eigenvalue weighted by atomic mass is 16.5. The number of nitrogens with two attached hydrogens (primary N) is 1. The number of nitrogens with zero attached hydrogens (tertiary/aromatic N) is 1. The first-order valence-electron chi connectivity index (χ1n) is 5.78. The molecule has 4 heteroatoms. The molecular formula is C14H17N3O. The van der Waals surface area contributed by atoms with Gasteiger partial charge in [0.05, 0.1) is 19.0 Å². The lowest BCUT2D eigenvalue weighted by Crippen LogP contribution is -2.02. The molecule has 0 bridgehead atoms. The highest BCUT2D eigenvalue weighted by molar-refractivity contribution is 5.51. The van der Waals surface area contributed by atoms with Crippen LogP contribution in [-0.2, 0) is 6.54 Å². The van der Waals surface area contributed by atoms with E-state index >= 15 is 0 Å². The van der Waals surface area contributed by atoms with Crippen LogP contribution in [0.5, 0.6) is 5.75 Å². The average molecular weight is 243 g/mol. The monoisotopic (exact) mass is 243 g/mol. The van der Waals surface area contributed by atoms with Crippen molar-refractivity contribution in [1.82, 2.24) is 4.98 Å². The fraction of sp³-hybridized carbons (Fsp3) is 0.214. The Hall–Kier alpha value is -2.23. The lowest BCUT2D eigenvalue weighted by molar-refractivity contribution is 0.414. The number of hydrogen-bond donors (Lipinski definition) is 2. The van der Waals surface area contributed by atoms with Crippen LogP contribution >= 0.6 is 0 Å². The van der Waals surface area contributed by atoms with Gasteiger partial charge in [-0.15, -0.1) is 0 Å². The lowest BCUT2D eigenvalue weighted by Gasteiger charge is -2.08. The molecular weight excluding hydrogens is 226 g/mol. The number of aromatic nitrogens is 1. The predicted octanol–water partition coefficient (Wildman–Crippen LogP) is 2.59. The van der Waals surface area contributed by atoms with Gasteiger partial charge < -0.3 is 15.8 Å². The van der Waals surface area contributed by atoms with Gasteiger partial charge in [-0.05, 0) is 36.2 Å². The Morgan fingerprint density at radius 3 is 2.61 bits per heavy atom. The van der Waals surface area contributed by atoms with Crippen LogP contribution in [0.4, 0.5) is 11.5 Å². The maximum atomic E-state index is 5.72. The van der Waals surface area contributed by atoms with Gasteiger partial charge in [-0.1, -0.05) is 12.1 Å². The normalized spacial score (nSPS) is 10.1. The molecule has 3 N–H and O–H groups in total. The Bertz CT molecular complexity index is 523. The van der Waals surface area contributed by atoms with Crippen molar-refractivity contribution in [2.24, 2.45) is 0 Å². The zero-order chi connectivity index (χ0) is 13.0. The fourth-order valence-electron chi connectivity index (χ4n) is 1.60. The summed E-state index contributed by atoms with van der Waals surface area (Å²) in [6.45, 7) is 2.69. The van der Waals surface area contributed by atoms with Crippen molar-refractivity contribution < 1.29 is 4.74 Å². The van der Waals surface area contributed by atoms with Crippen molar-refractivity contribution in [2.45, 2.75) is 13.5 Å². The van der Waals surface area contributed by atoms with Crippen LogP contribution in [-0.4, -0.2) is 12.1 Å². The van der Waals surface area contributed by atoms with E-state index in [0.717, 1.165) is 23.7 Å². The highest BCUT2D eigenvalue weighted by Crippen LogP contribution is 2.15. The van der Waals surface area contributed by atoms with Crippen molar-refractivity contribution in [3.63, 3.8) is 0 Å². The van der Waals surface area contributed by atoms with Crippen LogP contribution in [0, 0.1) is 6.92 Å². The molecule has 0 aliphatic heterocycles. The smallest absolute Gasteiger partial charge is 0.126 e. The average Bonchev–Trinajstić information content (AvgIpc) is 2.41. The molecule has 94 valence electrons. The molecule has 1 heterocycles. The van der Waals surface area contributed by atoms with Crippen molar-refractivity contribution in [3.05, 3.63) is 47.7 Å². The van der Waals surface area contributed by atoms with Gasteiger partial charge in [-0.25, -0.2) is 4.98 Å². The van der Waals surface area contributed by atoms with E-state index in [-0.39, 0.29) is 0 Å². The Kier molecular flexibility index (Phi) is 3.67. The van der Waals surface area contributed by atoms with E-state index in [1.807, 2.05) is 37.3 Å². The number of nitrogens with one attached hydrogen (secondary N) is 1. The summed E-state index contributed by atoms with van der Waals surface area (Å²) in [5, 5.41) is 3.26. The molecule has 0 amide bonds. The predicted molar refractivity (Wildman–Crippen MR) is 73.7 cm³/mol. The first-order chi connectivity index (χ1) is 8.69. The number of anilines is 2. The Morgan fingerprint density at radius 2 is 2.00 bits per heavy atom. The molecule has 0 saturated carbocycles. The molecule has 2 rings (SSSR count). The number of pyridine rings is 1. The largest absolute Gasteiger partial charge is 0.497 e. The molecule has 1 aromatic carbocycles.